The average molecular weight is 519 g/mol. The Labute approximate surface area is 221 Å². The zero-order valence-electron chi connectivity index (χ0n) is 22.0. The molecule has 3 aromatic carbocycles. The van der Waals surface area contributed by atoms with Gasteiger partial charge in [0.25, 0.3) is 0 Å². The molecule has 37 heavy (non-hydrogen) atoms. The van der Waals surface area contributed by atoms with E-state index in [9.17, 15) is 8.42 Å². The van der Waals surface area contributed by atoms with Crippen molar-refractivity contribution < 1.29 is 13.2 Å². The largest absolute Gasteiger partial charge is 0.496 e. The van der Waals surface area contributed by atoms with Crippen LogP contribution in [0, 0.1) is 5.92 Å². The fourth-order valence-electron chi connectivity index (χ4n) is 6.27. The quantitative estimate of drug-likeness (QED) is 0.419. The third kappa shape index (κ3) is 5.20. The minimum absolute atomic E-state index is 0.248. The molecule has 0 unspecified atom stereocenters. The molecule has 0 radical (unpaired) electrons. The van der Waals surface area contributed by atoms with Crippen molar-refractivity contribution in [1.82, 2.24) is 10.2 Å². The van der Waals surface area contributed by atoms with Crippen molar-refractivity contribution in [3.05, 3.63) is 95.6 Å². The summed E-state index contributed by atoms with van der Waals surface area (Å²) in [7, 11) is -1.72. The third-order valence-corrected chi connectivity index (χ3v) is 10.4. The van der Waals surface area contributed by atoms with Gasteiger partial charge in [0.05, 0.1) is 17.3 Å². The highest BCUT2D eigenvalue weighted by Gasteiger charge is 2.46. The van der Waals surface area contributed by atoms with Crippen LogP contribution in [0.4, 0.5) is 0 Å². The molecule has 3 aliphatic rings. The fraction of sp³-hybridized carbons (Fsp3) is 0.419. The van der Waals surface area contributed by atoms with Crippen LogP contribution >= 0.6 is 0 Å². The number of nitrogens with zero attached hydrogens (tertiary/aromatic N) is 1. The maximum atomic E-state index is 12.9. The molecule has 3 heterocycles. The second-order valence-corrected chi connectivity index (χ2v) is 13.1. The molecule has 6 heteroatoms. The molecule has 196 valence electrons. The van der Waals surface area contributed by atoms with Crippen LogP contribution in [-0.4, -0.2) is 50.9 Å². The summed E-state index contributed by atoms with van der Waals surface area (Å²) in [5, 5.41) is 3.44. The Morgan fingerprint density at radius 1 is 0.919 bits per heavy atom. The minimum Gasteiger partial charge on any atom is -0.496 e. The summed E-state index contributed by atoms with van der Waals surface area (Å²) < 4.78 is 31.4. The molecular weight excluding hydrogens is 480 g/mol. The number of hydrogen-bond acceptors (Lipinski definition) is 5. The van der Waals surface area contributed by atoms with Gasteiger partial charge >= 0.3 is 0 Å². The minimum atomic E-state index is -3.36. The zero-order valence-corrected chi connectivity index (χ0v) is 22.8. The van der Waals surface area contributed by atoms with E-state index in [2.05, 4.69) is 70.9 Å². The van der Waals surface area contributed by atoms with Gasteiger partial charge in [0.1, 0.15) is 5.75 Å². The van der Waals surface area contributed by atoms with Crippen LogP contribution in [0.25, 0.3) is 0 Å². The van der Waals surface area contributed by atoms with Gasteiger partial charge in [-0.2, -0.15) is 0 Å². The van der Waals surface area contributed by atoms with Gasteiger partial charge in [0, 0.05) is 30.1 Å². The summed E-state index contributed by atoms with van der Waals surface area (Å²) in [5.74, 6) is 1.55. The van der Waals surface area contributed by atoms with Gasteiger partial charge in [-0.25, -0.2) is 8.42 Å². The average Bonchev–Trinajstić information content (AvgIpc) is 2.94. The maximum absolute atomic E-state index is 12.9. The summed E-state index contributed by atoms with van der Waals surface area (Å²) in [6.07, 6.45) is 2.37. The zero-order chi connectivity index (χ0) is 26.0. The van der Waals surface area contributed by atoms with Gasteiger partial charge in [-0.15, -0.1) is 0 Å². The van der Waals surface area contributed by atoms with Crippen LogP contribution in [0.2, 0.25) is 0 Å². The Kier molecular flexibility index (Phi) is 7.70. The Morgan fingerprint density at radius 3 is 2.05 bits per heavy atom. The molecule has 2 bridgehead atoms. The van der Waals surface area contributed by atoms with E-state index >= 15 is 0 Å². The molecule has 3 saturated heterocycles. The standard InChI is InChI=1S/C31H38N2O3S/c1-22(2)37(34,35)27-14-15-28(36-3)26(20-27)21-32-30-25-16-18-33(19-17-25)31(30)29(23-10-6-4-7-11-23)24-12-8-5-9-13-24/h4-15,20,22,25,29-32H,16-19,21H2,1-3H3/t30-,31-/m0/s1. The first-order chi connectivity index (χ1) is 17.9. The summed E-state index contributed by atoms with van der Waals surface area (Å²) in [4.78, 5) is 3.02. The first kappa shape index (κ1) is 26.0. The lowest BCUT2D eigenvalue weighted by atomic mass is 9.70. The van der Waals surface area contributed by atoms with Crippen LogP contribution in [0.3, 0.4) is 0 Å². The van der Waals surface area contributed by atoms with Gasteiger partial charge in [-0.05, 0) is 75.0 Å². The lowest BCUT2D eigenvalue weighted by Crippen LogP contribution is -2.64. The molecule has 2 atom stereocenters. The van der Waals surface area contributed by atoms with Gasteiger partial charge in [0.2, 0.25) is 0 Å². The Balaban J connectivity index is 1.49. The third-order valence-electron chi connectivity index (χ3n) is 8.26. The summed E-state index contributed by atoms with van der Waals surface area (Å²) in [5.41, 5.74) is 3.55. The molecule has 0 amide bonds. The van der Waals surface area contributed by atoms with Gasteiger partial charge in [0.15, 0.2) is 9.84 Å². The molecule has 0 spiro atoms. The fourth-order valence-corrected chi connectivity index (χ4v) is 7.37. The lowest BCUT2D eigenvalue weighted by Gasteiger charge is -2.54. The van der Waals surface area contributed by atoms with Crippen molar-refractivity contribution in [2.75, 3.05) is 20.2 Å². The number of nitrogens with one attached hydrogen (secondary N) is 1. The van der Waals surface area contributed by atoms with E-state index < -0.39 is 15.1 Å². The summed E-state index contributed by atoms with van der Waals surface area (Å²) in [6, 6.07) is 27.5. The van der Waals surface area contributed by atoms with Crippen LogP contribution in [-0.2, 0) is 16.4 Å². The highest BCUT2D eigenvalue weighted by molar-refractivity contribution is 7.92. The first-order valence-electron chi connectivity index (χ1n) is 13.4. The highest BCUT2D eigenvalue weighted by atomic mass is 32.2. The second kappa shape index (κ2) is 11.0. The molecule has 0 aliphatic carbocycles. The number of benzene rings is 3. The van der Waals surface area contributed by atoms with E-state index in [1.807, 2.05) is 0 Å². The molecule has 3 fully saturated rings. The lowest BCUT2D eigenvalue weighted by molar-refractivity contribution is 0.00461. The number of rotatable bonds is 9. The van der Waals surface area contributed by atoms with Crippen molar-refractivity contribution in [3.63, 3.8) is 0 Å². The molecule has 0 saturated carbocycles. The van der Waals surface area contributed by atoms with Crippen molar-refractivity contribution in [2.24, 2.45) is 5.92 Å². The van der Waals surface area contributed by atoms with E-state index in [1.54, 1.807) is 39.2 Å². The van der Waals surface area contributed by atoms with E-state index in [-0.39, 0.29) is 12.0 Å². The molecule has 1 N–H and O–H groups in total. The summed E-state index contributed by atoms with van der Waals surface area (Å²) in [6.45, 7) is 6.25. The summed E-state index contributed by atoms with van der Waals surface area (Å²) >= 11 is 0. The van der Waals surface area contributed by atoms with Crippen LogP contribution in [0.5, 0.6) is 5.75 Å². The predicted molar refractivity (Wildman–Crippen MR) is 149 cm³/mol. The van der Waals surface area contributed by atoms with E-state index in [4.69, 9.17) is 4.74 Å². The van der Waals surface area contributed by atoms with E-state index in [0.717, 1.165) is 24.4 Å². The Morgan fingerprint density at radius 2 is 1.51 bits per heavy atom. The monoisotopic (exact) mass is 518 g/mol. The van der Waals surface area contributed by atoms with Crippen LogP contribution < -0.4 is 10.1 Å². The topological polar surface area (TPSA) is 58.6 Å². The second-order valence-electron chi connectivity index (χ2n) is 10.6. The van der Waals surface area contributed by atoms with Crippen molar-refractivity contribution in [1.29, 1.82) is 0 Å². The van der Waals surface area contributed by atoms with Crippen molar-refractivity contribution in [3.8, 4) is 5.75 Å². The molecular formula is C31H38N2O3S. The molecule has 6 rings (SSSR count). The van der Waals surface area contributed by atoms with Crippen LogP contribution in [0.15, 0.2) is 83.8 Å². The predicted octanol–water partition coefficient (Wildman–Crippen LogP) is 5.26. The Bertz CT molecular complexity index is 1250. The van der Waals surface area contributed by atoms with Crippen molar-refractivity contribution in [2.45, 2.75) is 61.4 Å². The molecule has 3 aliphatic heterocycles. The number of methoxy groups -OCH3 is 1. The van der Waals surface area contributed by atoms with Crippen molar-refractivity contribution >= 4 is 9.84 Å². The SMILES string of the molecule is COc1ccc(S(=O)(=O)C(C)C)cc1CN[C@H]1C2CCN(CC2)[C@H]1C(c1ccccc1)c1ccccc1. The first-order valence-corrected chi connectivity index (χ1v) is 14.9. The Hall–Kier alpha value is -2.67. The van der Waals surface area contributed by atoms with E-state index in [0.29, 0.717) is 23.4 Å². The number of sulfone groups is 1. The maximum Gasteiger partial charge on any atom is 0.180 e. The number of fused-ring (bicyclic) bond motifs is 3. The molecule has 3 aromatic rings. The molecule has 5 nitrogen and oxygen atoms in total. The highest BCUT2D eigenvalue weighted by Crippen LogP contribution is 2.42. The number of hydrogen-bond donors (Lipinski definition) is 1. The van der Waals surface area contributed by atoms with Gasteiger partial charge in [-0.3, -0.25) is 4.90 Å². The van der Waals surface area contributed by atoms with Gasteiger partial charge in [-0.1, -0.05) is 60.7 Å². The number of piperidine rings is 3. The van der Waals surface area contributed by atoms with Crippen LogP contribution in [0.1, 0.15) is 49.3 Å². The molecule has 0 aromatic heterocycles. The number of ether oxygens (including phenoxy) is 1. The smallest absolute Gasteiger partial charge is 0.180 e. The van der Waals surface area contributed by atoms with Gasteiger partial charge < -0.3 is 10.1 Å². The van der Waals surface area contributed by atoms with E-state index in [1.165, 1.54) is 24.0 Å². The normalized spacial score (nSPS) is 23.5.